The fraction of sp³-hybridized carbons (Fsp3) is 0.375. The van der Waals surface area contributed by atoms with E-state index in [0.29, 0.717) is 54.9 Å². The molecule has 34 heavy (non-hydrogen) atoms. The van der Waals surface area contributed by atoms with Gasteiger partial charge in [-0.3, -0.25) is 19.7 Å². The molecular weight excluding hydrogens is 436 g/mol. The van der Waals surface area contributed by atoms with Crippen molar-refractivity contribution in [1.29, 1.82) is 0 Å². The number of hydrogen-bond donors (Lipinski definition) is 2. The van der Waals surface area contributed by atoms with E-state index in [-0.39, 0.29) is 24.6 Å². The van der Waals surface area contributed by atoms with Gasteiger partial charge in [0, 0.05) is 49.7 Å². The standard InChI is InChI=1S/C24H26N6O4/c1-28-12-16-11-26-20-5-4-19(15-2-3-17(13-31)25-10-15)27-22(20)23(16)30(24(28)34)18-6-8-29(9-7-18)21(33)14-32/h2-5,10-11,18,31-32H,6-9,12-14H2,1H3. The number of likely N-dealkylation sites (tertiary alicyclic amines) is 1. The third kappa shape index (κ3) is 3.84. The summed E-state index contributed by atoms with van der Waals surface area (Å²) < 4.78 is 0. The van der Waals surface area contributed by atoms with Crippen LogP contribution in [-0.4, -0.2) is 79.7 Å². The number of piperidine rings is 1. The predicted octanol–water partition coefficient (Wildman–Crippen LogP) is 1.54. The highest BCUT2D eigenvalue weighted by molar-refractivity contribution is 6.04. The summed E-state index contributed by atoms with van der Waals surface area (Å²) in [5.41, 5.74) is 5.11. The predicted molar refractivity (Wildman–Crippen MR) is 125 cm³/mol. The quantitative estimate of drug-likeness (QED) is 0.603. The van der Waals surface area contributed by atoms with Crippen LogP contribution in [0.2, 0.25) is 0 Å². The first kappa shape index (κ1) is 22.2. The molecule has 2 aliphatic rings. The largest absolute Gasteiger partial charge is 0.390 e. The van der Waals surface area contributed by atoms with Gasteiger partial charge in [-0.1, -0.05) is 0 Å². The Morgan fingerprint density at radius 2 is 1.88 bits per heavy atom. The Bertz CT molecular complexity index is 1240. The number of urea groups is 1. The van der Waals surface area contributed by atoms with Crippen LogP contribution in [0, 0.1) is 0 Å². The molecule has 1 fully saturated rings. The van der Waals surface area contributed by atoms with Crippen molar-refractivity contribution in [2.24, 2.45) is 0 Å². The number of anilines is 1. The number of rotatable bonds is 4. The first-order chi connectivity index (χ1) is 16.5. The number of amides is 3. The Balaban J connectivity index is 1.57. The molecule has 3 aromatic heterocycles. The molecule has 3 amide bonds. The molecule has 0 atom stereocenters. The fourth-order valence-electron chi connectivity index (χ4n) is 4.72. The Morgan fingerprint density at radius 1 is 1.09 bits per heavy atom. The number of pyridine rings is 3. The van der Waals surface area contributed by atoms with Gasteiger partial charge in [0.05, 0.1) is 35.7 Å². The average Bonchev–Trinajstić information content (AvgIpc) is 2.89. The van der Waals surface area contributed by atoms with Gasteiger partial charge in [0.1, 0.15) is 12.1 Å². The summed E-state index contributed by atoms with van der Waals surface area (Å²) >= 11 is 0. The van der Waals surface area contributed by atoms with Crippen LogP contribution in [0.5, 0.6) is 0 Å². The minimum absolute atomic E-state index is 0.0988. The number of aliphatic hydroxyl groups excluding tert-OH is 2. The van der Waals surface area contributed by atoms with E-state index in [0.717, 1.165) is 16.8 Å². The summed E-state index contributed by atoms with van der Waals surface area (Å²) in [5, 5.41) is 18.5. The van der Waals surface area contributed by atoms with Gasteiger partial charge in [0.2, 0.25) is 5.91 Å². The number of carbonyl (C=O) groups is 2. The minimum Gasteiger partial charge on any atom is -0.390 e. The zero-order chi connectivity index (χ0) is 23.8. The first-order valence-electron chi connectivity index (χ1n) is 11.3. The van der Waals surface area contributed by atoms with Crippen LogP contribution in [0.3, 0.4) is 0 Å². The summed E-state index contributed by atoms with van der Waals surface area (Å²) in [7, 11) is 1.77. The molecule has 3 aromatic rings. The lowest BCUT2D eigenvalue weighted by molar-refractivity contribution is -0.135. The second-order valence-corrected chi connectivity index (χ2v) is 8.67. The maximum absolute atomic E-state index is 13.4. The van der Waals surface area contributed by atoms with Crippen LogP contribution >= 0.6 is 0 Å². The number of nitrogens with zero attached hydrogens (tertiary/aromatic N) is 6. The lowest BCUT2D eigenvalue weighted by Crippen LogP contribution is -2.54. The lowest BCUT2D eigenvalue weighted by Gasteiger charge is -2.43. The SMILES string of the molecule is CN1Cc2cnc3ccc(-c4ccc(CO)nc4)nc3c2N(C2CCN(C(=O)CO)CC2)C1=O. The van der Waals surface area contributed by atoms with Crippen LogP contribution in [0.1, 0.15) is 24.1 Å². The van der Waals surface area contributed by atoms with Crippen LogP contribution in [-0.2, 0) is 17.9 Å². The van der Waals surface area contributed by atoms with Crippen molar-refractivity contribution >= 4 is 28.7 Å². The number of hydrogen-bond acceptors (Lipinski definition) is 7. The summed E-state index contributed by atoms with van der Waals surface area (Å²) in [6.45, 7) is 0.773. The van der Waals surface area contributed by atoms with Gasteiger partial charge in [-0.15, -0.1) is 0 Å². The number of aromatic nitrogens is 3. The molecular formula is C24H26N6O4. The lowest BCUT2D eigenvalue weighted by atomic mass is 9.99. The van der Waals surface area contributed by atoms with Crippen LogP contribution < -0.4 is 4.90 Å². The monoisotopic (exact) mass is 462 g/mol. The summed E-state index contributed by atoms with van der Waals surface area (Å²) in [4.78, 5) is 44.1. The highest BCUT2D eigenvalue weighted by Crippen LogP contribution is 2.37. The molecule has 10 nitrogen and oxygen atoms in total. The van der Waals surface area contributed by atoms with E-state index in [1.807, 2.05) is 23.1 Å². The number of fused-ring (bicyclic) bond motifs is 3. The maximum Gasteiger partial charge on any atom is 0.324 e. The molecule has 5 rings (SSSR count). The van der Waals surface area contributed by atoms with E-state index < -0.39 is 6.61 Å². The minimum atomic E-state index is -0.504. The zero-order valence-electron chi connectivity index (χ0n) is 18.9. The number of aliphatic hydroxyl groups is 2. The highest BCUT2D eigenvalue weighted by atomic mass is 16.3. The van der Waals surface area contributed by atoms with Gasteiger partial charge in [-0.05, 0) is 37.1 Å². The molecule has 5 heterocycles. The molecule has 0 unspecified atom stereocenters. The molecule has 2 N–H and O–H groups in total. The molecule has 0 radical (unpaired) electrons. The maximum atomic E-state index is 13.4. The van der Waals surface area contributed by atoms with Crippen molar-refractivity contribution < 1.29 is 19.8 Å². The molecule has 0 aromatic carbocycles. The third-order valence-corrected chi connectivity index (χ3v) is 6.54. The molecule has 0 bridgehead atoms. The zero-order valence-corrected chi connectivity index (χ0v) is 18.9. The Hall–Kier alpha value is -3.63. The summed E-state index contributed by atoms with van der Waals surface area (Å²) in [6.07, 6.45) is 4.70. The average molecular weight is 463 g/mol. The Morgan fingerprint density at radius 3 is 2.56 bits per heavy atom. The van der Waals surface area contributed by atoms with E-state index in [1.165, 1.54) is 0 Å². The first-order valence-corrected chi connectivity index (χ1v) is 11.3. The molecule has 0 aliphatic carbocycles. The normalized spacial score (nSPS) is 16.8. The van der Waals surface area contributed by atoms with Gasteiger partial charge >= 0.3 is 6.03 Å². The third-order valence-electron chi connectivity index (χ3n) is 6.54. The van der Waals surface area contributed by atoms with E-state index in [4.69, 9.17) is 4.98 Å². The van der Waals surface area contributed by atoms with E-state index >= 15 is 0 Å². The van der Waals surface area contributed by atoms with Crippen LogP contribution in [0.4, 0.5) is 10.5 Å². The molecule has 2 aliphatic heterocycles. The fourth-order valence-corrected chi connectivity index (χ4v) is 4.72. The van der Waals surface area contributed by atoms with Crippen molar-refractivity contribution in [3.05, 3.63) is 47.9 Å². The van der Waals surface area contributed by atoms with Crippen molar-refractivity contribution in [3.63, 3.8) is 0 Å². The van der Waals surface area contributed by atoms with Gasteiger partial charge in [-0.25, -0.2) is 9.78 Å². The van der Waals surface area contributed by atoms with Gasteiger partial charge < -0.3 is 20.0 Å². The smallest absolute Gasteiger partial charge is 0.324 e. The Kier molecular flexibility index (Phi) is 5.84. The second-order valence-electron chi connectivity index (χ2n) is 8.67. The summed E-state index contributed by atoms with van der Waals surface area (Å²) in [5.74, 6) is -0.289. The molecule has 0 saturated carbocycles. The molecule has 0 spiro atoms. The van der Waals surface area contributed by atoms with Crippen molar-refractivity contribution in [2.45, 2.75) is 32.0 Å². The molecule has 10 heteroatoms. The molecule has 176 valence electrons. The van der Waals surface area contributed by atoms with Crippen molar-refractivity contribution in [3.8, 4) is 11.3 Å². The van der Waals surface area contributed by atoms with Crippen LogP contribution in [0.15, 0.2) is 36.7 Å². The van der Waals surface area contributed by atoms with E-state index in [1.54, 1.807) is 35.3 Å². The number of carbonyl (C=O) groups excluding carboxylic acids is 2. The van der Waals surface area contributed by atoms with Crippen molar-refractivity contribution in [2.75, 3.05) is 31.6 Å². The summed E-state index contributed by atoms with van der Waals surface area (Å²) in [6, 6.07) is 7.18. The molecule has 1 saturated heterocycles. The van der Waals surface area contributed by atoms with Gasteiger partial charge in [0.15, 0.2) is 0 Å². The topological polar surface area (TPSA) is 123 Å². The highest BCUT2D eigenvalue weighted by Gasteiger charge is 2.37. The van der Waals surface area contributed by atoms with E-state index in [9.17, 15) is 19.8 Å². The van der Waals surface area contributed by atoms with Gasteiger partial charge in [-0.2, -0.15) is 0 Å². The second kappa shape index (κ2) is 8.96. The Labute approximate surface area is 196 Å². The van der Waals surface area contributed by atoms with Gasteiger partial charge in [0.25, 0.3) is 0 Å². The van der Waals surface area contributed by atoms with Crippen molar-refractivity contribution in [1.82, 2.24) is 24.8 Å². The van der Waals surface area contributed by atoms with E-state index in [2.05, 4.69) is 9.97 Å². The van der Waals surface area contributed by atoms with Crippen LogP contribution in [0.25, 0.3) is 22.3 Å².